The van der Waals surface area contributed by atoms with Crippen LogP contribution in [0.15, 0.2) is 36.5 Å². The van der Waals surface area contributed by atoms with Gasteiger partial charge in [-0.3, -0.25) is 9.78 Å². The highest BCUT2D eigenvalue weighted by Gasteiger charge is 2.27. The zero-order chi connectivity index (χ0) is 15.0. The lowest BCUT2D eigenvalue weighted by Gasteiger charge is -2.16. The normalized spacial score (nSPS) is 11.8. The Kier molecular flexibility index (Phi) is 3.29. The van der Waals surface area contributed by atoms with Gasteiger partial charge < -0.3 is 0 Å². The number of carbonyl (C=O) groups is 1. The third-order valence-electron chi connectivity index (χ3n) is 3.28. The van der Waals surface area contributed by atoms with Crippen LogP contribution in [-0.4, -0.2) is 20.4 Å². The number of hydrogen-bond acceptors (Lipinski definition) is 5. The number of aromatic nitrogens is 3. The molecule has 106 valence electrons. The van der Waals surface area contributed by atoms with Crippen molar-refractivity contribution >= 4 is 28.2 Å². The van der Waals surface area contributed by atoms with Crippen LogP contribution in [0.25, 0.3) is 10.9 Å². The summed E-state index contributed by atoms with van der Waals surface area (Å²) in [4.78, 5) is 17.8. The van der Waals surface area contributed by atoms with Crippen molar-refractivity contribution in [2.45, 2.75) is 26.2 Å². The fourth-order valence-electron chi connectivity index (χ4n) is 2.24. The number of rotatable bonds is 2. The number of fused-ring (bicyclic) bond motifs is 1. The Morgan fingerprint density at radius 3 is 2.67 bits per heavy atom. The van der Waals surface area contributed by atoms with Crippen LogP contribution < -0.4 is 0 Å². The summed E-state index contributed by atoms with van der Waals surface area (Å²) >= 11 is 1.15. The number of nitrogens with zero attached hydrogens (tertiary/aromatic N) is 3. The van der Waals surface area contributed by atoms with Gasteiger partial charge in [0.1, 0.15) is 4.88 Å². The molecule has 0 spiro atoms. The average Bonchev–Trinajstić information content (AvgIpc) is 2.95. The summed E-state index contributed by atoms with van der Waals surface area (Å²) in [5.41, 5.74) is 1.85. The van der Waals surface area contributed by atoms with Crippen molar-refractivity contribution in [2.24, 2.45) is 0 Å². The number of pyridine rings is 1. The Morgan fingerprint density at radius 1 is 1.14 bits per heavy atom. The van der Waals surface area contributed by atoms with Crippen LogP contribution in [0.1, 0.15) is 41.7 Å². The predicted molar refractivity (Wildman–Crippen MR) is 83.8 cm³/mol. The van der Waals surface area contributed by atoms with Crippen molar-refractivity contribution in [3.8, 4) is 0 Å². The lowest BCUT2D eigenvalue weighted by molar-refractivity contribution is 0.104. The van der Waals surface area contributed by atoms with Crippen LogP contribution in [0, 0.1) is 0 Å². The molecule has 0 aliphatic carbocycles. The van der Waals surface area contributed by atoms with Gasteiger partial charge >= 0.3 is 0 Å². The van der Waals surface area contributed by atoms with Gasteiger partial charge in [-0.25, -0.2) is 0 Å². The highest BCUT2D eigenvalue weighted by Crippen LogP contribution is 2.29. The molecule has 0 amide bonds. The first-order chi connectivity index (χ1) is 9.98. The smallest absolute Gasteiger partial charge is 0.208 e. The maximum Gasteiger partial charge on any atom is 0.208 e. The van der Waals surface area contributed by atoms with Gasteiger partial charge in [0.2, 0.25) is 5.78 Å². The molecule has 3 rings (SSSR count). The molecule has 0 aliphatic heterocycles. The van der Waals surface area contributed by atoms with Gasteiger partial charge in [0.05, 0.1) is 11.2 Å². The second-order valence-electron chi connectivity index (χ2n) is 5.91. The molecule has 0 aliphatic rings. The summed E-state index contributed by atoms with van der Waals surface area (Å²) in [5.74, 6) is -0.0563. The number of benzene rings is 1. The van der Waals surface area contributed by atoms with Crippen LogP contribution in [0.2, 0.25) is 0 Å². The van der Waals surface area contributed by atoms with E-state index in [1.807, 2.05) is 51.1 Å². The van der Waals surface area contributed by atoms with E-state index in [2.05, 4.69) is 14.6 Å². The molecule has 0 radical (unpaired) electrons. The monoisotopic (exact) mass is 297 g/mol. The van der Waals surface area contributed by atoms with Gasteiger partial charge in [-0.2, -0.15) is 0 Å². The summed E-state index contributed by atoms with van der Waals surface area (Å²) in [6, 6.07) is 9.46. The Bertz CT molecular complexity index is 812. The lowest BCUT2D eigenvalue weighted by atomic mass is 9.89. The summed E-state index contributed by atoms with van der Waals surface area (Å²) in [6.07, 6.45) is 1.70. The van der Waals surface area contributed by atoms with Gasteiger partial charge in [-0.05, 0) is 23.7 Å². The highest BCUT2D eigenvalue weighted by molar-refractivity contribution is 7.08. The fourth-order valence-corrected chi connectivity index (χ4v) is 3.07. The van der Waals surface area contributed by atoms with Crippen molar-refractivity contribution in [3.05, 3.63) is 52.7 Å². The molecule has 0 saturated carbocycles. The van der Waals surface area contributed by atoms with E-state index < -0.39 is 0 Å². The van der Waals surface area contributed by atoms with Crippen molar-refractivity contribution in [2.75, 3.05) is 0 Å². The maximum atomic E-state index is 12.9. The van der Waals surface area contributed by atoms with Crippen LogP contribution in [-0.2, 0) is 5.41 Å². The number of hydrogen-bond donors (Lipinski definition) is 0. The molecule has 2 aromatic heterocycles. The largest absolute Gasteiger partial charge is 0.287 e. The van der Waals surface area contributed by atoms with Gasteiger partial charge in [-0.1, -0.05) is 43.5 Å². The first kappa shape index (κ1) is 13.8. The van der Waals surface area contributed by atoms with E-state index in [9.17, 15) is 4.79 Å². The Morgan fingerprint density at radius 2 is 1.90 bits per heavy atom. The first-order valence-electron chi connectivity index (χ1n) is 6.70. The zero-order valence-electron chi connectivity index (χ0n) is 12.1. The molecule has 0 fully saturated rings. The van der Waals surface area contributed by atoms with E-state index in [0.717, 1.165) is 28.1 Å². The molecule has 1 aromatic carbocycles. The van der Waals surface area contributed by atoms with E-state index in [1.54, 1.807) is 6.20 Å². The molecule has 0 unspecified atom stereocenters. The van der Waals surface area contributed by atoms with Crippen LogP contribution in [0.5, 0.6) is 0 Å². The Balaban J connectivity index is 2.16. The van der Waals surface area contributed by atoms with Crippen LogP contribution >= 0.6 is 11.5 Å². The third kappa shape index (κ3) is 2.45. The van der Waals surface area contributed by atoms with E-state index in [4.69, 9.17) is 0 Å². The van der Waals surface area contributed by atoms with Crippen LogP contribution in [0.4, 0.5) is 0 Å². The predicted octanol–water partition coefficient (Wildman–Crippen LogP) is 3.61. The summed E-state index contributed by atoms with van der Waals surface area (Å²) < 4.78 is 3.97. The van der Waals surface area contributed by atoms with Gasteiger partial charge in [0.15, 0.2) is 0 Å². The maximum absolute atomic E-state index is 12.9. The molecule has 5 heteroatoms. The van der Waals surface area contributed by atoms with Gasteiger partial charge in [0.25, 0.3) is 0 Å². The number of para-hydroxylation sites is 1. The van der Waals surface area contributed by atoms with Crippen molar-refractivity contribution in [1.29, 1.82) is 0 Å². The molecule has 2 heterocycles. The van der Waals surface area contributed by atoms with E-state index >= 15 is 0 Å². The summed E-state index contributed by atoms with van der Waals surface area (Å²) in [6.45, 7) is 6.09. The molecule has 4 nitrogen and oxygen atoms in total. The standard InChI is InChI=1S/C16H15N3OS/c1-16(2,3)15-14(21-19-18-15)13(20)11-8-4-6-10-7-5-9-17-12(10)11/h4-9H,1-3H3. The fraction of sp³-hybridized carbons (Fsp3) is 0.250. The Labute approximate surface area is 127 Å². The molecular formula is C16H15N3OS. The second-order valence-corrected chi connectivity index (χ2v) is 6.66. The number of ketones is 1. The summed E-state index contributed by atoms with van der Waals surface area (Å²) in [5, 5.41) is 5.10. The zero-order valence-corrected chi connectivity index (χ0v) is 12.9. The SMILES string of the molecule is CC(C)(C)c1nnsc1C(=O)c1cccc2cccnc12. The molecule has 0 saturated heterocycles. The van der Waals surface area contributed by atoms with E-state index in [1.165, 1.54) is 0 Å². The van der Waals surface area contributed by atoms with Crippen molar-refractivity contribution in [1.82, 2.24) is 14.6 Å². The highest BCUT2D eigenvalue weighted by atomic mass is 32.1. The van der Waals surface area contributed by atoms with Crippen molar-refractivity contribution < 1.29 is 4.79 Å². The minimum atomic E-state index is -0.212. The average molecular weight is 297 g/mol. The number of carbonyl (C=O) groups excluding carboxylic acids is 1. The van der Waals surface area contributed by atoms with Crippen LogP contribution in [0.3, 0.4) is 0 Å². The molecular weight excluding hydrogens is 282 g/mol. The molecule has 0 N–H and O–H groups in total. The quantitative estimate of drug-likeness (QED) is 0.678. The molecule has 21 heavy (non-hydrogen) atoms. The second kappa shape index (κ2) is 5.00. The minimum Gasteiger partial charge on any atom is -0.287 e. The van der Waals surface area contributed by atoms with Gasteiger partial charge in [0, 0.05) is 22.6 Å². The molecule has 3 aromatic rings. The Hall–Kier alpha value is -2.14. The topological polar surface area (TPSA) is 55.7 Å². The minimum absolute atomic E-state index is 0.0563. The van der Waals surface area contributed by atoms with E-state index in [-0.39, 0.29) is 11.2 Å². The molecule has 0 bridgehead atoms. The third-order valence-corrected chi connectivity index (χ3v) is 4.01. The van der Waals surface area contributed by atoms with Gasteiger partial charge in [-0.15, -0.1) is 5.10 Å². The van der Waals surface area contributed by atoms with Crippen molar-refractivity contribution in [3.63, 3.8) is 0 Å². The lowest BCUT2D eigenvalue weighted by Crippen LogP contribution is -2.17. The van der Waals surface area contributed by atoms with E-state index in [0.29, 0.717) is 10.4 Å². The summed E-state index contributed by atoms with van der Waals surface area (Å²) in [7, 11) is 0. The molecule has 0 atom stereocenters. The first-order valence-corrected chi connectivity index (χ1v) is 7.47.